The van der Waals surface area contributed by atoms with Gasteiger partial charge in [0.15, 0.2) is 0 Å². The summed E-state index contributed by atoms with van der Waals surface area (Å²) in [6, 6.07) is 5.88. The predicted octanol–water partition coefficient (Wildman–Crippen LogP) is 2.53. The molecule has 0 bridgehead atoms. The number of carbonyl (C=O) groups is 1. The molecule has 0 spiro atoms. The van der Waals surface area contributed by atoms with Gasteiger partial charge in [-0.1, -0.05) is 12.1 Å². The zero-order valence-electron chi connectivity index (χ0n) is 12.2. The lowest BCUT2D eigenvalue weighted by Crippen LogP contribution is -2.31. The number of carboxylic acid groups (broad SMARTS) is 1. The molecule has 126 valence electrons. The van der Waals surface area contributed by atoms with Gasteiger partial charge < -0.3 is 20.1 Å². The summed E-state index contributed by atoms with van der Waals surface area (Å²) in [4.78, 5) is 12.3. The first kappa shape index (κ1) is 15.9. The lowest BCUT2D eigenvalue weighted by Gasteiger charge is -2.16. The van der Waals surface area contributed by atoms with Crippen LogP contribution in [0.3, 0.4) is 0 Å². The summed E-state index contributed by atoms with van der Waals surface area (Å²) < 4.78 is 40.4. The van der Waals surface area contributed by atoms with Crippen LogP contribution in [0.5, 0.6) is 5.75 Å². The molecule has 1 aromatic carbocycles. The molecule has 1 aromatic rings. The van der Waals surface area contributed by atoms with Gasteiger partial charge >= 0.3 is 12.5 Å². The molecule has 3 rings (SSSR count). The topological polar surface area (TPSA) is 61.8 Å². The first-order valence-corrected chi connectivity index (χ1v) is 7.37. The van der Waals surface area contributed by atoms with Crippen molar-refractivity contribution < 1.29 is 27.8 Å². The summed E-state index contributed by atoms with van der Waals surface area (Å²) in [7, 11) is 0. The minimum Gasteiger partial charge on any atom is -0.465 e. The van der Waals surface area contributed by atoms with Gasteiger partial charge in [0.2, 0.25) is 0 Å². The summed E-state index contributed by atoms with van der Waals surface area (Å²) in [5, 5.41) is 12.1. The van der Waals surface area contributed by atoms with E-state index in [1.54, 1.807) is 6.07 Å². The van der Waals surface area contributed by atoms with Crippen LogP contribution in [-0.2, 0) is 6.54 Å². The Hall–Kier alpha value is -1.96. The molecular weight excluding hydrogens is 313 g/mol. The van der Waals surface area contributed by atoms with Crippen LogP contribution in [-0.4, -0.2) is 42.1 Å². The van der Waals surface area contributed by atoms with Crippen LogP contribution in [0.4, 0.5) is 18.0 Å². The van der Waals surface area contributed by atoms with Gasteiger partial charge in [-0.2, -0.15) is 0 Å². The molecule has 23 heavy (non-hydrogen) atoms. The molecule has 1 aliphatic heterocycles. The Morgan fingerprint density at radius 2 is 2.04 bits per heavy atom. The molecule has 0 aromatic heterocycles. The molecule has 2 unspecified atom stereocenters. The second-order valence-electron chi connectivity index (χ2n) is 6.01. The molecule has 1 amide bonds. The Labute approximate surface area is 131 Å². The third-order valence-corrected chi connectivity index (χ3v) is 4.48. The summed E-state index contributed by atoms with van der Waals surface area (Å²) in [5.41, 5.74) is 0.713. The molecule has 2 N–H and O–H groups in total. The number of nitrogens with zero attached hydrogens (tertiary/aromatic N) is 1. The van der Waals surface area contributed by atoms with E-state index in [0.29, 0.717) is 43.0 Å². The molecule has 1 saturated heterocycles. The van der Waals surface area contributed by atoms with Gasteiger partial charge in [-0.05, 0) is 42.0 Å². The lowest BCUT2D eigenvalue weighted by atomic mass is 10.2. The largest absolute Gasteiger partial charge is 0.573 e. The maximum atomic E-state index is 12.2. The molecular formula is C15H17F3N2O3. The van der Waals surface area contributed by atoms with E-state index < -0.39 is 12.5 Å². The highest BCUT2D eigenvalue weighted by molar-refractivity contribution is 5.65. The van der Waals surface area contributed by atoms with Crippen LogP contribution in [0.1, 0.15) is 5.56 Å². The number of hydrogen-bond donors (Lipinski definition) is 2. The van der Waals surface area contributed by atoms with Gasteiger partial charge in [0, 0.05) is 19.6 Å². The van der Waals surface area contributed by atoms with Crippen molar-refractivity contribution >= 4 is 6.09 Å². The first-order valence-electron chi connectivity index (χ1n) is 7.37. The van der Waals surface area contributed by atoms with Gasteiger partial charge in [-0.25, -0.2) is 4.79 Å². The summed E-state index contributed by atoms with van der Waals surface area (Å²) >= 11 is 0. The fourth-order valence-corrected chi connectivity index (χ4v) is 3.34. The Balaban J connectivity index is 1.42. The average Bonchev–Trinajstić information content (AvgIpc) is 2.90. The molecule has 2 aliphatic rings. The lowest BCUT2D eigenvalue weighted by molar-refractivity contribution is -0.274. The van der Waals surface area contributed by atoms with Crippen LogP contribution < -0.4 is 10.1 Å². The van der Waals surface area contributed by atoms with E-state index in [0.717, 1.165) is 6.54 Å². The maximum absolute atomic E-state index is 12.2. The van der Waals surface area contributed by atoms with Crippen molar-refractivity contribution in [3.8, 4) is 5.75 Å². The molecule has 5 nitrogen and oxygen atoms in total. The third-order valence-electron chi connectivity index (χ3n) is 4.48. The number of piperidine rings is 1. The first-order chi connectivity index (χ1) is 10.8. The fourth-order valence-electron chi connectivity index (χ4n) is 3.34. The number of benzene rings is 1. The van der Waals surface area contributed by atoms with Crippen molar-refractivity contribution in [2.24, 2.45) is 17.8 Å². The number of hydrogen-bond acceptors (Lipinski definition) is 3. The number of halogens is 3. The number of rotatable bonds is 5. The summed E-state index contributed by atoms with van der Waals surface area (Å²) in [6.45, 7) is 2.36. The molecule has 8 heteroatoms. The zero-order valence-corrected chi connectivity index (χ0v) is 12.2. The number of fused-ring (bicyclic) bond motifs is 1. The molecule has 2 fully saturated rings. The summed E-state index contributed by atoms with van der Waals surface area (Å²) in [5.74, 6) is 1.06. The fraction of sp³-hybridized carbons (Fsp3) is 0.533. The van der Waals surface area contributed by atoms with Crippen molar-refractivity contribution in [1.82, 2.24) is 10.2 Å². The van der Waals surface area contributed by atoms with Crippen LogP contribution in [0, 0.1) is 17.8 Å². The van der Waals surface area contributed by atoms with E-state index in [4.69, 9.17) is 5.11 Å². The standard InChI is InChI=1S/C15H17F3N2O3/c16-15(17,18)23-10-3-1-2-9(4-10)5-19-6-11-12-7-20(14(21)22)8-13(11)12/h1-4,11-13,19H,5-8H2,(H,21,22). The maximum Gasteiger partial charge on any atom is 0.573 e. The van der Waals surface area contributed by atoms with Gasteiger partial charge in [-0.3, -0.25) is 0 Å². The smallest absolute Gasteiger partial charge is 0.465 e. The van der Waals surface area contributed by atoms with E-state index >= 15 is 0 Å². The Kier molecular flexibility index (Phi) is 4.09. The average molecular weight is 330 g/mol. The van der Waals surface area contributed by atoms with Crippen molar-refractivity contribution in [3.63, 3.8) is 0 Å². The SMILES string of the molecule is O=C(O)N1CC2C(CNCc3cccc(OC(F)(F)F)c3)C2C1. The molecule has 1 saturated carbocycles. The second-order valence-corrected chi connectivity index (χ2v) is 6.01. The van der Waals surface area contributed by atoms with E-state index in [9.17, 15) is 18.0 Å². The highest BCUT2D eigenvalue weighted by Crippen LogP contribution is 2.51. The Morgan fingerprint density at radius 1 is 1.35 bits per heavy atom. The van der Waals surface area contributed by atoms with Crippen LogP contribution in [0.15, 0.2) is 24.3 Å². The third kappa shape index (κ3) is 3.87. The number of amides is 1. The number of likely N-dealkylation sites (tertiary alicyclic amines) is 1. The second kappa shape index (κ2) is 5.92. The van der Waals surface area contributed by atoms with E-state index in [2.05, 4.69) is 10.1 Å². The molecule has 2 atom stereocenters. The van der Waals surface area contributed by atoms with E-state index in [1.165, 1.54) is 23.1 Å². The zero-order chi connectivity index (χ0) is 16.6. The van der Waals surface area contributed by atoms with E-state index in [1.807, 2.05) is 0 Å². The highest BCUT2D eigenvalue weighted by Gasteiger charge is 2.56. The molecule has 1 heterocycles. The minimum absolute atomic E-state index is 0.225. The Bertz CT molecular complexity index is 582. The van der Waals surface area contributed by atoms with Crippen molar-refractivity contribution in [1.29, 1.82) is 0 Å². The monoisotopic (exact) mass is 330 g/mol. The number of nitrogens with one attached hydrogen (secondary N) is 1. The summed E-state index contributed by atoms with van der Waals surface area (Å²) in [6.07, 6.45) is -5.56. The van der Waals surface area contributed by atoms with Crippen LogP contribution in [0.25, 0.3) is 0 Å². The minimum atomic E-state index is -4.69. The van der Waals surface area contributed by atoms with Crippen LogP contribution >= 0.6 is 0 Å². The van der Waals surface area contributed by atoms with E-state index in [-0.39, 0.29) is 5.75 Å². The number of alkyl halides is 3. The Morgan fingerprint density at radius 3 is 2.65 bits per heavy atom. The van der Waals surface area contributed by atoms with Crippen molar-refractivity contribution in [2.75, 3.05) is 19.6 Å². The van der Waals surface area contributed by atoms with Crippen molar-refractivity contribution in [2.45, 2.75) is 12.9 Å². The van der Waals surface area contributed by atoms with Gasteiger partial charge in [0.05, 0.1) is 0 Å². The normalized spacial score (nSPS) is 26.0. The predicted molar refractivity (Wildman–Crippen MR) is 74.9 cm³/mol. The molecule has 0 radical (unpaired) electrons. The highest BCUT2D eigenvalue weighted by atomic mass is 19.4. The molecule has 1 aliphatic carbocycles. The number of ether oxygens (including phenoxy) is 1. The quantitative estimate of drug-likeness (QED) is 0.871. The van der Waals surface area contributed by atoms with Gasteiger partial charge in [0.1, 0.15) is 5.75 Å². The van der Waals surface area contributed by atoms with Crippen molar-refractivity contribution in [3.05, 3.63) is 29.8 Å². The van der Waals surface area contributed by atoms with Gasteiger partial charge in [-0.15, -0.1) is 13.2 Å². The van der Waals surface area contributed by atoms with Gasteiger partial charge in [0.25, 0.3) is 0 Å². The van der Waals surface area contributed by atoms with Crippen LogP contribution in [0.2, 0.25) is 0 Å².